The van der Waals surface area contributed by atoms with Crippen molar-refractivity contribution in [2.75, 3.05) is 6.61 Å². The van der Waals surface area contributed by atoms with Crippen LogP contribution in [-0.4, -0.2) is 23.2 Å². The molecule has 0 aromatic carbocycles. The Bertz CT molecular complexity index is 325. The average Bonchev–Trinajstić information content (AvgIpc) is 2.55. The molecule has 1 heterocycles. The highest BCUT2D eigenvalue weighted by atomic mass is 32.2. The van der Waals surface area contributed by atoms with Gasteiger partial charge in [-0.3, -0.25) is 4.79 Å². The fourth-order valence-electron chi connectivity index (χ4n) is 2.15. The van der Waals surface area contributed by atoms with Gasteiger partial charge in [-0.2, -0.15) is 0 Å². The standard InChI is InChI=1S/C12H18O2S/c1-7-8-5-10(13)11(9(8)6-14-7)15-12(2,3)4/h7-8H,5-6H2,1-4H3/t7-,8-/m1/s1. The maximum absolute atomic E-state index is 11.9. The minimum absolute atomic E-state index is 0.110. The Morgan fingerprint density at radius 2 is 2.07 bits per heavy atom. The van der Waals surface area contributed by atoms with Crippen LogP contribution in [-0.2, 0) is 9.53 Å². The van der Waals surface area contributed by atoms with Gasteiger partial charge in [0.25, 0.3) is 0 Å². The van der Waals surface area contributed by atoms with Crippen LogP contribution < -0.4 is 0 Å². The van der Waals surface area contributed by atoms with E-state index in [-0.39, 0.29) is 10.9 Å². The number of thioether (sulfide) groups is 1. The number of hydrogen-bond acceptors (Lipinski definition) is 3. The van der Waals surface area contributed by atoms with Crippen LogP contribution in [0.3, 0.4) is 0 Å². The Morgan fingerprint density at radius 3 is 2.67 bits per heavy atom. The van der Waals surface area contributed by atoms with E-state index in [0.717, 1.165) is 4.91 Å². The molecule has 15 heavy (non-hydrogen) atoms. The first-order chi connectivity index (χ1) is 6.88. The van der Waals surface area contributed by atoms with E-state index >= 15 is 0 Å². The number of carbonyl (C=O) groups excluding carboxylic acids is 1. The molecule has 0 amide bonds. The number of ether oxygens (including phenoxy) is 1. The Labute approximate surface area is 95.5 Å². The van der Waals surface area contributed by atoms with E-state index in [1.165, 1.54) is 5.57 Å². The van der Waals surface area contributed by atoms with Gasteiger partial charge in [-0.05, 0) is 12.5 Å². The van der Waals surface area contributed by atoms with Crippen molar-refractivity contribution in [2.24, 2.45) is 5.92 Å². The van der Waals surface area contributed by atoms with Gasteiger partial charge in [0.2, 0.25) is 0 Å². The zero-order chi connectivity index (χ0) is 11.2. The molecule has 1 aliphatic heterocycles. The lowest BCUT2D eigenvalue weighted by Crippen LogP contribution is -2.12. The molecule has 1 fully saturated rings. The lowest BCUT2D eigenvalue weighted by molar-refractivity contribution is -0.115. The van der Waals surface area contributed by atoms with E-state index in [1.54, 1.807) is 11.8 Å². The Kier molecular flexibility index (Phi) is 2.72. The SMILES string of the molecule is C[C@H]1OCC2=C(SC(C)(C)C)C(=O)C[C@@H]21. The number of rotatable bonds is 1. The van der Waals surface area contributed by atoms with E-state index in [9.17, 15) is 4.79 Å². The van der Waals surface area contributed by atoms with Gasteiger partial charge >= 0.3 is 0 Å². The summed E-state index contributed by atoms with van der Waals surface area (Å²) in [6.07, 6.45) is 0.886. The first-order valence-electron chi connectivity index (χ1n) is 5.45. The van der Waals surface area contributed by atoms with Crippen molar-refractivity contribution in [3.63, 3.8) is 0 Å². The minimum Gasteiger partial charge on any atom is -0.373 e. The largest absolute Gasteiger partial charge is 0.373 e. The molecule has 0 unspecified atom stereocenters. The summed E-state index contributed by atoms with van der Waals surface area (Å²) in [6.45, 7) is 9.16. The number of fused-ring (bicyclic) bond motifs is 1. The highest BCUT2D eigenvalue weighted by molar-refractivity contribution is 8.05. The highest BCUT2D eigenvalue weighted by Gasteiger charge is 2.41. The topological polar surface area (TPSA) is 26.3 Å². The molecule has 0 N–H and O–H groups in total. The lowest BCUT2D eigenvalue weighted by Gasteiger charge is -2.18. The molecule has 0 bridgehead atoms. The molecular formula is C12H18O2S. The van der Waals surface area contributed by atoms with Crippen LogP contribution in [0.2, 0.25) is 0 Å². The minimum atomic E-state index is 0.110. The molecule has 2 aliphatic rings. The molecule has 1 aliphatic carbocycles. The van der Waals surface area contributed by atoms with Crippen molar-refractivity contribution in [2.45, 2.75) is 45.0 Å². The maximum atomic E-state index is 11.9. The molecule has 2 nitrogen and oxygen atoms in total. The van der Waals surface area contributed by atoms with Crippen molar-refractivity contribution in [3.8, 4) is 0 Å². The van der Waals surface area contributed by atoms with E-state index in [1.807, 2.05) is 0 Å². The molecular weight excluding hydrogens is 208 g/mol. The summed E-state index contributed by atoms with van der Waals surface area (Å²) in [6, 6.07) is 0. The van der Waals surface area contributed by atoms with E-state index < -0.39 is 0 Å². The summed E-state index contributed by atoms with van der Waals surface area (Å²) in [7, 11) is 0. The summed E-state index contributed by atoms with van der Waals surface area (Å²) in [5.74, 6) is 0.687. The van der Waals surface area contributed by atoms with E-state index in [0.29, 0.717) is 24.7 Å². The lowest BCUT2D eigenvalue weighted by atomic mass is 10.00. The molecule has 2 atom stereocenters. The van der Waals surface area contributed by atoms with Crippen molar-refractivity contribution in [3.05, 3.63) is 10.5 Å². The van der Waals surface area contributed by atoms with Crippen molar-refractivity contribution >= 4 is 17.5 Å². The predicted molar refractivity (Wildman–Crippen MR) is 62.9 cm³/mol. The molecule has 0 spiro atoms. The van der Waals surface area contributed by atoms with Crippen molar-refractivity contribution in [1.82, 2.24) is 0 Å². The second-order valence-corrected chi connectivity index (χ2v) is 7.16. The molecule has 1 saturated heterocycles. The smallest absolute Gasteiger partial charge is 0.169 e. The summed E-state index contributed by atoms with van der Waals surface area (Å²) < 4.78 is 5.70. The third-order valence-corrected chi connectivity index (χ3v) is 4.18. The Hall–Kier alpha value is -0.280. The van der Waals surface area contributed by atoms with Crippen molar-refractivity contribution in [1.29, 1.82) is 0 Å². The number of Topliss-reactive ketones (excluding diaryl/α,β-unsaturated/α-hetero) is 1. The van der Waals surface area contributed by atoms with Crippen LogP contribution in [0.1, 0.15) is 34.1 Å². The molecule has 2 rings (SSSR count). The Balaban J connectivity index is 2.25. The summed E-state index contributed by atoms with van der Waals surface area (Å²) in [5, 5.41) is 0. The maximum Gasteiger partial charge on any atom is 0.169 e. The van der Waals surface area contributed by atoms with Gasteiger partial charge in [0.05, 0.1) is 17.6 Å². The van der Waals surface area contributed by atoms with Gasteiger partial charge in [-0.15, -0.1) is 11.8 Å². The van der Waals surface area contributed by atoms with Crippen LogP contribution in [0, 0.1) is 5.92 Å². The van der Waals surface area contributed by atoms with Crippen LogP contribution in [0.15, 0.2) is 10.5 Å². The zero-order valence-corrected chi connectivity index (χ0v) is 10.6. The molecule has 0 aromatic rings. The number of hydrogen-bond donors (Lipinski definition) is 0. The number of allylic oxidation sites excluding steroid dienone is 1. The van der Waals surface area contributed by atoms with Gasteiger partial charge in [-0.25, -0.2) is 0 Å². The van der Waals surface area contributed by atoms with Gasteiger partial charge in [-0.1, -0.05) is 20.8 Å². The second-order valence-electron chi connectivity index (χ2n) is 5.32. The van der Waals surface area contributed by atoms with Gasteiger partial charge in [0, 0.05) is 17.1 Å². The molecule has 84 valence electrons. The van der Waals surface area contributed by atoms with E-state index in [4.69, 9.17) is 4.74 Å². The third-order valence-electron chi connectivity index (χ3n) is 2.87. The summed E-state index contributed by atoms with van der Waals surface area (Å²) in [5.41, 5.74) is 1.26. The average molecular weight is 226 g/mol. The second kappa shape index (κ2) is 3.63. The summed E-state index contributed by atoms with van der Waals surface area (Å²) >= 11 is 1.70. The quantitative estimate of drug-likeness (QED) is 0.687. The normalized spacial score (nSPS) is 31.3. The summed E-state index contributed by atoms with van der Waals surface area (Å²) in [4.78, 5) is 12.9. The molecule has 0 saturated carbocycles. The number of ketones is 1. The molecule has 3 heteroatoms. The van der Waals surface area contributed by atoms with E-state index in [2.05, 4.69) is 27.7 Å². The first kappa shape index (κ1) is 11.2. The Morgan fingerprint density at radius 1 is 1.40 bits per heavy atom. The first-order valence-corrected chi connectivity index (χ1v) is 6.27. The third kappa shape index (κ3) is 2.13. The van der Waals surface area contributed by atoms with Crippen LogP contribution in [0.25, 0.3) is 0 Å². The van der Waals surface area contributed by atoms with Crippen LogP contribution in [0.4, 0.5) is 0 Å². The van der Waals surface area contributed by atoms with Crippen LogP contribution in [0.5, 0.6) is 0 Å². The fourth-order valence-corrected chi connectivity index (χ4v) is 3.30. The van der Waals surface area contributed by atoms with Gasteiger partial charge < -0.3 is 4.74 Å². The van der Waals surface area contributed by atoms with Gasteiger partial charge in [0.1, 0.15) is 0 Å². The fraction of sp³-hybridized carbons (Fsp3) is 0.750. The monoisotopic (exact) mass is 226 g/mol. The molecule has 0 aromatic heterocycles. The zero-order valence-electron chi connectivity index (χ0n) is 9.79. The number of carbonyl (C=O) groups is 1. The highest BCUT2D eigenvalue weighted by Crippen LogP contribution is 2.45. The molecule has 0 radical (unpaired) electrons. The predicted octanol–water partition coefficient (Wildman–Crippen LogP) is 2.78. The van der Waals surface area contributed by atoms with Crippen LogP contribution >= 0.6 is 11.8 Å². The van der Waals surface area contributed by atoms with Crippen molar-refractivity contribution < 1.29 is 9.53 Å². The van der Waals surface area contributed by atoms with Gasteiger partial charge in [0.15, 0.2) is 5.78 Å².